The van der Waals surface area contributed by atoms with Gasteiger partial charge in [0.25, 0.3) is 0 Å². The summed E-state index contributed by atoms with van der Waals surface area (Å²) >= 11 is 0. The van der Waals surface area contributed by atoms with E-state index >= 15 is 0 Å². The fraction of sp³-hybridized carbons (Fsp3) is 0.810. The summed E-state index contributed by atoms with van der Waals surface area (Å²) in [5.74, 6) is 2.71. The SMILES string of the molecule is CC(=O)NC1CC[C@H]2[C@@H]3CCC4=CC(=O)CC[C@]4(C)[C@@H]3CC[C@]12C. The van der Waals surface area contributed by atoms with E-state index in [9.17, 15) is 9.59 Å². The highest BCUT2D eigenvalue weighted by Gasteiger charge is 2.59. The molecule has 0 aromatic heterocycles. The van der Waals surface area contributed by atoms with E-state index in [-0.39, 0.29) is 16.7 Å². The number of nitrogens with one attached hydrogen (secondary N) is 1. The van der Waals surface area contributed by atoms with Gasteiger partial charge in [-0.3, -0.25) is 9.59 Å². The summed E-state index contributed by atoms with van der Waals surface area (Å²) < 4.78 is 0. The van der Waals surface area contributed by atoms with Gasteiger partial charge in [-0.25, -0.2) is 0 Å². The van der Waals surface area contributed by atoms with Crippen LogP contribution in [0.4, 0.5) is 0 Å². The summed E-state index contributed by atoms with van der Waals surface area (Å²) in [6.07, 6.45) is 11.0. The summed E-state index contributed by atoms with van der Waals surface area (Å²) in [5.41, 5.74) is 1.97. The molecule has 3 saturated carbocycles. The van der Waals surface area contributed by atoms with Gasteiger partial charge >= 0.3 is 0 Å². The molecule has 1 unspecified atom stereocenters. The minimum absolute atomic E-state index is 0.121. The first kappa shape index (κ1) is 16.4. The Balaban J connectivity index is 1.62. The molecule has 0 radical (unpaired) electrons. The standard InChI is InChI=1S/C21H31NO2/c1-13(23)22-19-7-6-17-16-5-4-14-12-15(24)8-10-20(14,2)18(16)9-11-21(17,19)3/h12,16-19H,4-11H2,1-3H3,(H,22,23)/t16-,17-,18+,19?,20-,21-/m0/s1. The lowest BCUT2D eigenvalue weighted by Crippen LogP contribution is -2.53. The Morgan fingerprint density at radius 3 is 2.62 bits per heavy atom. The Kier molecular flexibility index (Phi) is 3.71. The maximum atomic E-state index is 11.9. The number of carbonyl (C=O) groups excluding carboxylic acids is 2. The lowest BCUT2D eigenvalue weighted by atomic mass is 9.47. The normalized spacial score (nSPS) is 47.3. The fourth-order valence-corrected chi connectivity index (χ4v) is 7.04. The van der Waals surface area contributed by atoms with Crippen molar-refractivity contribution >= 4 is 11.7 Å². The van der Waals surface area contributed by atoms with Crippen LogP contribution in [0.1, 0.15) is 72.1 Å². The van der Waals surface area contributed by atoms with Gasteiger partial charge in [-0.15, -0.1) is 0 Å². The molecule has 4 rings (SSSR count). The van der Waals surface area contributed by atoms with E-state index in [1.807, 2.05) is 6.08 Å². The van der Waals surface area contributed by atoms with E-state index in [1.54, 1.807) is 6.92 Å². The van der Waals surface area contributed by atoms with Crippen molar-refractivity contribution in [3.8, 4) is 0 Å². The van der Waals surface area contributed by atoms with Crippen LogP contribution in [0.15, 0.2) is 11.6 Å². The zero-order chi connectivity index (χ0) is 17.1. The molecule has 1 N–H and O–H groups in total. The largest absolute Gasteiger partial charge is 0.353 e. The van der Waals surface area contributed by atoms with Gasteiger partial charge in [-0.2, -0.15) is 0 Å². The first-order chi connectivity index (χ1) is 11.3. The summed E-state index contributed by atoms with van der Waals surface area (Å²) in [6.45, 7) is 6.52. The van der Waals surface area contributed by atoms with Crippen LogP contribution >= 0.6 is 0 Å². The zero-order valence-electron chi connectivity index (χ0n) is 15.4. The van der Waals surface area contributed by atoms with Crippen molar-refractivity contribution in [2.45, 2.75) is 78.2 Å². The smallest absolute Gasteiger partial charge is 0.217 e. The Bertz CT molecular complexity index is 609. The first-order valence-corrected chi connectivity index (χ1v) is 9.85. The highest BCUT2D eigenvalue weighted by molar-refractivity contribution is 5.91. The second-order valence-corrected chi connectivity index (χ2v) is 9.34. The molecule has 3 heteroatoms. The molecular formula is C21H31NO2. The predicted octanol–water partition coefficient (Wildman–Crippen LogP) is 4.02. The van der Waals surface area contributed by atoms with E-state index in [4.69, 9.17) is 0 Å². The average molecular weight is 329 g/mol. The highest BCUT2D eigenvalue weighted by atomic mass is 16.1. The van der Waals surface area contributed by atoms with Crippen LogP contribution in [0.25, 0.3) is 0 Å². The van der Waals surface area contributed by atoms with Gasteiger partial charge in [0.1, 0.15) is 0 Å². The molecule has 0 heterocycles. The van der Waals surface area contributed by atoms with E-state index in [0.717, 1.165) is 43.4 Å². The third-order valence-electron chi connectivity index (χ3n) is 8.34. The molecule has 3 fully saturated rings. The van der Waals surface area contributed by atoms with Crippen LogP contribution < -0.4 is 5.32 Å². The van der Waals surface area contributed by atoms with Crippen molar-refractivity contribution in [2.75, 3.05) is 0 Å². The predicted molar refractivity (Wildman–Crippen MR) is 94.3 cm³/mol. The molecule has 0 aromatic carbocycles. The first-order valence-electron chi connectivity index (χ1n) is 9.85. The highest BCUT2D eigenvalue weighted by Crippen LogP contribution is 2.65. The lowest BCUT2D eigenvalue weighted by molar-refractivity contribution is -0.121. The molecule has 132 valence electrons. The van der Waals surface area contributed by atoms with Crippen LogP contribution in [0.3, 0.4) is 0 Å². The van der Waals surface area contributed by atoms with Gasteiger partial charge in [-0.1, -0.05) is 19.4 Å². The number of fused-ring (bicyclic) bond motifs is 5. The van der Waals surface area contributed by atoms with Crippen LogP contribution in [-0.2, 0) is 9.59 Å². The Labute approximate surface area is 145 Å². The molecule has 0 aliphatic heterocycles. The summed E-state index contributed by atoms with van der Waals surface area (Å²) in [4.78, 5) is 23.5. The van der Waals surface area contributed by atoms with Crippen molar-refractivity contribution in [1.29, 1.82) is 0 Å². The van der Waals surface area contributed by atoms with E-state index in [0.29, 0.717) is 11.8 Å². The van der Waals surface area contributed by atoms with Gasteiger partial charge in [-0.05, 0) is 79.6 Å². The molecule has 1 amide bonds. The number of allylic oxidation sites excluding steroid dienone is 1. The van der Waals surface area contributed by atoms with Crippen molar-refractivity contribution in [3.63, 3.8) is 0 Å². The number of hydrogen-bond acceptors (Lipinski definition) is 2. The van der Waals surface area contributed by atoms with Crippen molar-refractivity contribution in [1.82, 2.24) is 5.32 Å². The van der Waals surface area contributed by atoms with Crippen molar-refractivity contribution in [3.05, 3.63) is 11.6 Å². The van der Waals surface area contributed by atoms with E-state index in [2.05, 4.69) is 19.2 Å². The molecule has 4 aliphatic rings. The average Bonchev–Trinajstić information content (AvgIpc) is 2.84. The van der Waals surface area contributed by atoms with Crippen LogP contribution in [0, 0.1) is 28.6 Å². The quantitative estimate of drug-likeness (QED) is 0.789. The van der Waals surface area contributed by atoms with Crippen molar-refractivity contribution < 1.29 is 9.59 Å². The van der Waals surface area contributed by atoms with E-state index < -0.39 is 0 Å². The molecule has 6 atom stereocenters. The Hall–Kier alpha value is -1.12. The van der Waals surface area contributed by atoms with Crippen molar-refractivity contribution in [2.24, 2.45) is 28.6 Å². The van der Waals surface area contributed by atoms with Crippen LogP contribution in [0.5, 0.6) is 0 Å². The van der Waals surface area contributed by atoms with Gasteiger partial charge in [0, 0.05) is 19.4 Å². The number of hydrogen-bond donors (Lipinski definition) is 1. The molecular weight excluding hydrogens is 298 g/mol. The Morgan fingerprint density at radius 2 is 1.88 bits per heavy atom. The van der Waals surface area contributed by atoms with Gasteiger partial charge < -0.3 is 5.32 Å². The minimum atomic E-state index is 0.121. The summed E-state index contributed by atoms with van der Waals surface area (Å²) in [6, 6.07) is 0.360. The summed E-state index contributed by atoms with van der Waals surface area (Å²) in [5, 5.41) is 3.25. The second-order valence-electron chi connectivity index (χ2n) is 9.34. The Morgan fingerprint density at radius 1 is 1.08 bits per heavy atom. The lowest BCUT2D eigenvalue weighted by Gasteiger charge is -2.58. The summed E-state index contributed by atoms with van der Waals surface area (Å²) in [7, 11) is 0. The molecule has 0 saturated heterocycles. The minimum Gasteiger partial charge on any atom is -0.353 e. The zero-order valence-corrected chi connectivity index (χ0v) is 15.4. The fourth-order valence-electron chi connectivity index (χ4n) is 7.04. The monoisotopic (exact) mass is 329 g/mol. The number of rotatable bonds is 1. The number of ketones is 1. The van der Waals surface area contributed by atoms with Gasteiger partial charge in [0.05, 0.1) is 0 Å². The van der Waals surface area contributed by atoms with E-state index in [1.165, 1.54) is 31.3 Å². The molecule has 4 aliphatic carbocycles. The maximum absolute atomic E-state index is 11.9. The van der Waals surface area contributed by atoms with Crippen LogP contribution in [-0.4, -0.2) is 17.7 Å². The number of amides is 1. The molecule has 0 aromatic rings. The molecule has 3 nitrogen and oxygen atoms in total. The van der Waals surface area contributed by atoms with Gasteiger partial charge in [0.2, 0.25) is 5.91 Å². The molecule has 24 heavy (non-hydrogen) atoms. The topological polar surface area (TPSA) is 46.2 Å². The van der Waals surface area contributed by atoms with Crippen LogP contribution in [0.2, 0.25) is 0 Å². The third kappa shape index (κ3) is 2.23. The molecule has 0 spiro atoms. The molecule has 0 bridgehead atoms. The van der Waals surface area contributed by atoms with Gasteiger partial charge in [0.15, 0.2) is 5.78 Å². The maximum Gasteiger partial charge on any atom is 0.217 e. The number of carbonyl (C=O) groups is 2. The second kappa shape index (κ2) is 5.44. The third-order valence-corrected chi connectivity index (χ3v) is 8.34.